The lowest BCUT2D eigenvalue weighted by Gasteiger charge is -2.46. The zero-order valence-corrected chi connectivity index (χ0v) is 12.0. The van der Waals surface area contributed by atoms with Crippen LogP contribution in [-0.2, 0) is 16.8 Å². The van der Waals surface area contributed by atoms with Gasteiger partial charge in [0.05, 0.1) is 5.54 Å². The van der Waals surface area contributed by atoms with Crippen LogP contribution in [0.3, 0.4) is 0 Å². The van der Waals surface area contributed by atoms with Crippen LogP contribution in [0.5, 0.6) is 0 Å². The second-order valence-electron chi connectivity index (χ2n) is 6.62. The lowest BCUT2D eigenvalue weighted by Crippen LogP contribution is -2.53. The zero-order valence-electron chi connectivity index (χ0n) is 12.0. The van der Waals surface area contributed by atoms with Gasteiger partial charge in [0, 0.05) is 18.8 Å². The van der Waals surface area contributed by atoms with E-state index in [1.54, 1.807) is 0 Å². The monoisotopic (exact) mass is 262 g/mol. The first-order valence-corrected chi connectivity index (χ1v) is 7.10. The largest absolute Gasteiger partial charge is 0.455 e. The Labute approximate surface area is 114 Å². The van der Waals surface area contributed by atoms with Crippen molar-refractivity contribution < 1.29 is 9.53 Å². The topological polar surface area (TPSA) is 43.3 Å². The van der Waals surface area contributed by atoms with Crippen molar-refractivity contribution >= 4 is 5.97 Å². The number of carbonyl (C=O) groups excluding carboxylic acids is 1. The van der Waals surface area contributed by atoms with E-state index in [1.807, 2.05) is 26.8 Å². The van der Waals surface area contributed by atoms with Gasteiger partial charge in [0.15, 0.2) is 0 Å². The Morgan fingerprint density at radius 3 is 2.68 bits per heavy atom. The standard InChI is InChI=1S/C15H22N2O2/c1-14(2,3)19-13(18)11-5-6-12-15(7-4-8-15)16-9-10-17(11)12/h5-6,16H,4,7-10H2,1-3H3. The summed E-state index contributed by atoms with van der Waals surface area (Å²) in [5, 5.41) is 3.62. The molecule has 0 amide bonds. The number of nitrogens with zero attached hydrogens (tertiary/aromatic N) is 1. The van der Waals surface area contributed by atoms with Crippen molar-refractivity contribution in [2.45, 2.75) is 57.7 Å². The minimum Gasteiger partial charge on any atom is -0.455 e. The number of carbonyl (C=O) groups is 1. The van der Waals surface area contributed by atoms with E-state index >= 15 is 0 Å². The summed E-state index contributed by atoms with van der Waals surface area (Å²) in [4.78, 5) is 12.2. The fourth-order valence-corrected chi connectivity index (χ4v) is 3.10. The number of rotatable bonds is 1. The number of hydrogen-bond acceptors (Lipinski definition) is 3. The van der Waals surface area contributed by atoms with Gasteiger partial charge in [-0.05, 0) is 52.2 Å². The Hall–Kier alpha value is -1.29. The number of ether oxygens (including phenoxy) is 1. The molecule has 1 aromatic heterocycles. The van der Waals surface area contributed by atoms with Crippen molar-refractivity contribution in [2.75, 3.05) is 6.54 Å². The van der Waals surface area contributed by atoms with Crippen LogP contribution in [0, 0.1) is 0 Å². The van der Waals surface area contributed by atoms with E-state index in [-0.39, 0.29) is 11.5 Å². The summed E-state index contributed by atoms with van der Waals surface area (Å²) in [5.74, 6) is -0.213. The molecule has 0 saturated heterocycles. The van der Waals surface area contributed by atoms with Crippen LogP contribution in [0.15, 0.2) is 12.1 Å². The molecule has 2 aliphatic rings. The second kappa shape index (κ2) is 4.10. The SMILES string of the molecule is CC(C)(C)OC(=O)c1ccc2n1CCNC21CCC1. The third kappa shape index (κ3) is 2.08. The number of hydrogen-bond donors (Lipinski definition) is 1. The van der Waals surface area contributed by atoms with Crippen molar-refractivity contribution in [1.82, 2.24) is 9.88 Å². The van der Waals surface area contributed by atoms with Gasteiger partial charge in [-0.1, -0.05) is 0 Å². The van der Waals surface area contributed by atoms with Crippen LogP contribution >= 0.6 is 0 Å². The quantitative estimate of drug-likeness (QED) is 0.790. The Balaban J connectivity index is 1.91. The Kier molecular flexibility index (Phi) is 2.75. The Morgan fingerprint density at radius 1 is 1.37 bits per heavy atom. The van der Waals surface area contributed by atoms with Crippen molar-refractivity contribution in [3.63, 3.8) is 0 Å². The molecule has 4 nitrogen and oxygen atoms in total. The molecular weight excluding hydrogens is 240 g/mol. The highest BCUT2D eigenvalue weighted by Crippen LogP contribution is 2.43. The van der Waals surface area contributed by atoms with E-state index in [0.29, 0.717) is 5.69 Å². The van der Waals surface area contributed by atoms with Gasteiger partial charge in [-0.25, -0.2) is 4.79 Å². The molecule has 4 heteroatoms. The van der Waals surface area contributed by atoms with Crippen molar-refractivity contribution in [3.05, 3.63) is 23.5 Å². The second-order valence-corrected chi connectivity index (χ2v) is 6.62. The molecule has 1 aromatic rings. The first kappa shape index (κ1) is 12.7. The van der Waals surface area contributed by atoms with Gasteiger partial charge in [0.25, 0.3) is 0 Å². The minimum atomic E-state index is -0.442. The Bertz CT molecular complexity index is 507. The van der Waals surface area contributed by atoms with Crippen molar-refractivity contribution in [1.29, 1.82) is 0 Å². The van der Waals surface area contributed by atoms with Gasteiger partial charge in [-0.3, -0.25) is 0 Å². The molecule has 0 aromatic carbocycles. The summed E-state index contributed by atoms with van der Waals surface area (Å²) in [6, 6.07) is 4.00. The van der Waals surface area contributed by atoms with Crippen LogP contribution in [0.2, 0.25) is 0 Å². The summed E-state index contributed by atoms with van der Waals surface area (Å²) >= 11 is 0. The maximum Gasteiger partial charge on any atom is 0.355 e. The van der Waals surface area contributed by atoms with Crippen molar-refractivity contribution in [2.24, 2.45) is 0 Å². The highest BCUT2D eigenvalue weighted by Gasteiger charge is 2.43. The van der Waals surface area contributed by atoms with Crippen LogP contribution in [0.1, 0.15) is 56.2 Å². The fraction of sp³-hybridized carbons (Fsp3) is 0.667. The Morgan fingerprint density at radius 2 is 2.11 bits per heavy atom. The predicted molar refractivity (Wildman–Crippen MR) is 73.1 cm³/mol. The molecule has 104 valence electrons. The number of aromatic nitrogens is 1. The molecule has 1 spiro atoms. The molecule has 1 fully saturated rings. The summed E-state index contributed by atoms with van der Waals surface area (Å²) in [7, 11) is 0. The van der Waals surface area contributed by atoms with Gasteiger partial charge >= 0.3 is 5.97 Å². The van der Waals surface area contributed by atoms with E-state index < -0.39 is 5.60 Å². The average molecular weight is 262 g/mol. The first-order valence-electron chi connectivity index (χ1n) is 7.10. The lowest BCUT2D eigenvalue weighted by atomic mass is 9.73. The molecule has 0 bridgehead atoms. The van der Waals surface area contributed by atoms with Gasteiger partial charge in [0.2, 0.25) is 0 Å². The van der Waals surface area contributed by atoms with Crippen LogP contribution in [0.25, 0.3) is 0 Å². The minimum absolute atomic E-state index is 0.124. The van der Waals surface area contributed by atoms with Crippen LogP contribution in [-0.4, -0.2) is 22.7 Å². The van der Waals surface area contributed by atoms with Crippen molar-refractivity contribution in [3.8, 4) is 0 Å². The maximum absolute atomic E-state index is 12.2. The number of fused-ring (bicyclic) bond motifs is 2. The van der Waals surface area contributed by atoms with Gasteiger partial charge in [-0.2, -0.15) is 0 Å². The summed E-state index contributed by atoms with van der Waals surface area (Å²) < 4.78 is 7.63. The van der Waals surface area contributed by atoms with E-state index in [0.717, 1.165) is 13.1 Å². The molecule has 1 aliphatic heterocycles. The highest BCUT2D eigenvalue weighted by molar-refractivity contribution is 5.88. The molecule has 19 heavy (non-hydrogen) atoms. The predicted octanol–water partition coefficient (Wildman–Crippen LogP) is 2.43. The number of nitrogens with one attached hydrogen (secondary N) is 1. The van der Waals surface area contributed by atoms with Crippen LogP contribution in [0.4, 0.5) is 0 Å². The fourth-order valence-electron chi connectivity index (χ4n) is 3.10. The maximum atomic E-state index is 12.2. The third-order valence-corrected chi connectivity index (χ3v) is 4.08. The normalized spacial score (nSPS) is 20.8. The molecule has 3 rings (SSSR count). The van der Waals surface area contributed by atoms with Gasteiger partial charge < -0.3 is 14.6 Å². The molecule has 1 aliphatic carbocycles. The van der Waals surface area contributed by atoms with E-state index in [2.05, 4.69) is 16.0 Å². The summed E-state index contributed by atoms with van der Waals surface area (Å²) in [6.07, 6.45) is 3.61. The van der Waals surface area contributed by atoms with Gasteiger partial charge in [0.1, 0.15) is 11.3 Å². The highest BCUT2D eigenvalue weighted by atomic mass is 16.6. The van der Waals surface area contributed by atoms with Crippen LogP contribution < -0.4 is 5.32 Å². The molecule has 1 saturated carbocycles. The first-order chi connectivity index (χ1) is 8.91. The molecular formula is C15H22N2O2. The van der Waals surface area contributed by atoms with Gasteiger partial charge in [-0.15, -0.1) is 0 Å². The summed E-state index contributed by atoms with van der Waals surface area (Å²) in [5.41, 5.74) is 1.63. The lowest BCUT2D eigenvalue weighted by molar-refractivity contribution is 0.00543. The average Bonchev–Trinajstić information content (AvgIpc) is 2.67. The molecule has 0 atom stereocenters. The van der Waals surface area contributed by atoms with E-state index in [1.165, 1.54) is 25.0 Å². The number of esters is 1. The summed E-state index contributed by atoms with van der Waals surface area (Å²) in [6.45, 7) is 7.48. The molecule has 1 N–H and O–H groups in total. The van der Waals surface area contributed by atoms with E-state index in [9.17, 15) is 4.79 Å². The molecule has 0 unspecified atom stereocenters. The molecule has 2 heterocycles. The van der Waals surface area contributed by atoms with E-state index in [4.69, 9.17) is 4.74 Å². The molecule has 0 radical (unpaired) electrons. The smallest absolute Gasteiger partial charge is 0.355 e. The third-order valence-electron chi connectivity index (χ3n) is 4.08. The zero-order chi connectivity index (χ0) is 13.7.